The Morgan fingerprint density at radius 2 is 1.90 bits per heavy atom. The van der Waals surface area contributed by atoms with Crippen molar-refractivity contribution in [1.29, 1.82) is 0 Å². The van der Waals surface area contributed by atoms with Crippen LogP contribution < -0.4 is 16.3 Å². The number of rotatable bonds is 2. The zero-order valence-electron chi connectivity index (χ0n) is 16.0. The van der Waals surface area contributed by atoms with E-state index in [-0.39, 0.29) is 10.9 Å². The Labute approximate surface area is 166 Å². The highest BCUT2D eigenvalue weighted by molar-refractivity contribution is 5.87. The summed E-state index contributed by atoms with van der Waals surface area (Å²) >= 11 is 0. The highest BCUT2D eigenvalue weighted by atomic mass is 19.1. The monoisotopic (exact) mass is 392 g/mol. The maximum atomic E-state index is 14.3. The second-order valence-electron chi connectivity index (χ2n) is 7.48. The molecule has 3 heterocycles. The number of nitrogen functional groups attached to an aromatic ring is 1. The van der Waals surface area contributed by atoms with E-state index in [1.807, 2.05) is 18.2 Å². The van der Waals surface area contributed by atoms with Crippen molar-refractivity contribution in [3.05, 3.63) is 58.6 Å². The minimum atomic E-state index is -0.434. The Balaban J connectivity index is 1.60. The van der Waals surface area contributed by atoms with Gasteiger partial charge in [0.05, 0.1) is 22.1 Å². The van der Waals surface area contributed by atoms with Gasteiger partial charge in [0.15, 0.2) is 0 Å². The van der Waals surface area contributed by atoms with Crippen molar-refractivity contribution in [2.75, 3.05) is 44.0 Å². The van der Waals surface area contributed by atoms with Crippen LogP contribution in [0.1, 0.15) is 0 Å². The smallest absolute Gasteiger partial charge is 0.280 e. The fourth-order valence-electron chi connectivity index (χ4n) is 3.88. The van der Waals surface area contributed by atoms with Crippen LogP contribution in [-0.2, 0) is 0 Å². The summed E-state index contributed by atoms with van der Waals surface area (Å²) in [4.78, 5) is 25.2. The summed E-state index contributed by atoms with van der Waals surface area (Å²) in [6.07, 6.45) is 0. The molecule has 1 aliphatic heterocycles. The third-order valence-electron chi connectivity index (χ3n) is 5.62. The first-order valence-corrected chi connectivity index (χ1v) is 9.54. The van der Waals surface area contributed by atoms with E-state index in [2.05, 4.69) is 26.8 Å². The van der Waals surface area contributed by atoms with Crippen molar-refractivity contribution in [3.8, 4) is 11.4 Å². The number of nitrogens with zero attached hydrogens (tertiary/aromatic N) is 4. The SMILES string of the molecule is CN1CCN(c2ccc3nc(-c4cc5c(F)cccc5n(N)c4=O)[nH]c3c2)CC1. The van der Waals surface area contributed by atoms with Crippen LogP contribution in [0.25, 0.3) is 33.3 Å². The molecule has 148 valence electrons. The van der Waals surface area contributed by atoms with Gasteiger partial charge in [0.25, 0.3) is 5.56 Å². The number of aromatic nitrogens is 3. The van der Waals surface area contributed by atoms with Gasteiger partial charge in [0.2, 0.25) is 0 Å². The number of benzene rings is 2. The number of imidazole rings is 1. The maximum Gasteiger partial charge on any atom is 0.280 e. The fourth-order valence-corrected chi connectivity index (χ4v) is 3.88. The van der Waals surface area contributed by atoms with Gasteiger partial charge in [-0.2, -0.15) is 0 Å². The van der Waals surface area contributed by atoms with E-state index in [4.69, 9.17) is 5.84 Å². The van der Waals surface area contributed by atoms with Crippen molar-refractivity contribution < 1.29 is 4.39 Å². The Kier molecular flexibility index (Phi) is 4.02. The largest absolute Gasteiger partial charge is 0.369 e. The lowest BCUT2D eigenvalue weighted by Gasteiger charge is -2.34. The lowest BCUT2D eigenvalue weighted by atomic mass is 10.1. The number of pyridine rings is 1. The molecule has 0 amide bonds. The molecular weight excluding hydrogens is 371 g/mol. The summed E-state index contributed by atoms with van der Waals surface area (Å²) in [5, 5.41) is 0.281. The number of anilines is 1. The molecule has 7 nitrogen and oxygen atoms in total. The summed E-state index contributed by atoms with van der Waals surface area (Å²) < 4.78 is 15.2. The second kappa shape index (κ2) is 6.59. The number of H-pyrrole nitrogens is 1. The van der Waals surface area contributed by atoms with Gasteiger partial charge >= 0.3 is 0 Å². The standard InChI is InChI=1S/C21H21FN6O/c1-26-7-9-27(10-8-26)13-5-6-17-18(11-13)25-20(24-17)15-12-14-16(22)3-2-4-19(14)28(23)21(15)29/h2-6,11-12H,7-10,23H2,1H3,(H,24,25). The number of halogens is 1. The van der Waals surface area contributed by atoms with E-state index in [1.54, 1.807) is 6.07 Å². The predicted octanol–water partition coefficient (Wildman–Crippen LogP) is 2.15. The molecule has 4 aromatic rings. The van der Waals surface area contributed by atoms with Crippen molar-refractivity contribution in [2.24, 2.45) is 0 Å². The molecule has 5 rings (SSSR count). The van der Waals surface area contributed by atoms with E-state index in [0.717, 1.165) is 47.6 Å². The van der Waals surface area contributed by atoms with Gasteiger partial charge in [0, 0.05) is 37.3 Å². The molecule has 3 N–H and O–H groups in total. The van der Waals surface area contributed by atoms with E-state index >= 15 is 0 Å². The Morgan fingerprint density at radius 1 is 1.10 bits per heavy atom. The zero-order valence-corrected chi connectivity index (χ0v) is 16.0. The molecule has 0 radical (unpaired) electrons. The Bertz CT molecular complexity index is 1290. The molecule has 2 aromatic heterocycles. The van der Waals surface area contributed by atoms with E-state index in [0.29, 0.717) is 11.3 Å². The number of likely N-dealkylation sites (N-methyl/N-ethyl adjacent to an activating group) is 1. The van der Waals surface area contributed by atoms with Crippen LogP contribution in [-0.4, -0.2) is 52.8 Å². The molecule has 1 fully saturated rings. The molecule has 0 atom stereocenters. The van der Waals surface area contributed by atoms with E-state index in [9.17, 15) is 9.18 Å². The second-order valence-corrected chi connectivity index (χ2v) is 7.48. The van der Waals surface area contributed by atoms with Gasteiger partial charge < -0.3 is 20.6 Å². The van der Waals surface area contributed by atoms with Crippen LogP contribution in [0.5, 0.6) is 0 Å². The highest BCUT2D eigenvalue weighted by Gasteiger charge is 2.17. The third-order valence-corrected chi connectivity index (χ3v) is 5.62. The highest BCUT2D eigenvalue weighted by Crippen LogP contribution is 2.26. The van der Waals surface area contributed by atoms with Crippen LogP contribution in [0.4, 0.5) is 10.1 Å². The van der Waals surface area contributed by atoms with Crippen molar-refractivity contribution in [2.45, 2.75) is 0 Å². The first kappa shape index (κ1) is 17.7. The first-order valence-electron chi connectivity index (χ1n) is 9.54. The molecule has 0 aliphatic carbocycles. The van der Waals surface area contributed by atoms with Crippen molar-refractivity contribution in [1.82, 2.24) is 19.5 Å². The minimum Gasteiger partial charge on any atom is -0.369 e. The van der Waals surface area contributed by atoms with Crippen LogP contribution in [0, 0.1) is 5.82 Å². The number of nitrogens with one attached hydrogen (secondary N) is 1. The van der Waals surface area contributed by atoms with Gasteiger partial charge in [-0.1, -0.05) is 6.07 Å². The first-order chi connectivity index (χ1) is 14.0. The molecule has 0 saturated carbocycles. The predicted molar refractivity (Wildman–Crippen MR) is 113 cm³/mol. The van der Waals surface area contributed by atoms with Gasteiger partial charge in [-0.05, 0) is 43.4 Å². The van der Waals surface area contributed by atoms with E-state index < -0.39 is 11.4 Å². The molecule has 0 spiro atoms. The summed E-state index contributed by atoms with van der Waals surface area (Å²) in [6.45, 7) is 3.96. The average molecular weight is 392 g/mol. The maximum absolute atomic E-state index is 14.3. The Morgan fingerprint density at radius 3 is 2.69 bits per heavy atom. The average Bonchev–Trinajstić information content (AvgIpc) is 3.14. The summed E-state index contributed by atoms with van der Waals surface area (Å²) in [6, 6.07) is 12.0. The molecule has 1 saturated heterocycles. The molecule has 2 aromatic carbocycles. The van der Waals surface area contributed by atoms with Crippen molar-refractivity contribution >= 4 is 27.6 Å². The van der Waals surface area contributed by atoms with Crippen LogP contribution in [0.2, 0.25) is 0 Å². The molecule has 29 heavy (non-hydrogen) atoms. The minimum absolute atomic E-state index is 0.238. The summed E-state index contributed by atoms with van der Waals surface area (Å²) in [5.41, 5.74) is 2.83. The van der Waals surface area contributed by atoms with Gasteiger partial charge in [0.1, 0.15) is 11.6 Å². The zero-order chi connectivity index (χ0) is 20.1. The summed E-state index contributed by atoms with van der Waals surface area (Å²) in [5.74, 6) is 5.88. The molecule has 0 unspecified atom stereocenters. The fraction of sp³-hybridized carbons (Fsp3) is 0.238. The van der Waals surface area contributed by atoms with Gasteiger partial charge in [-0.25, -0.2) is 14.1 Å². The normalized spacial score (nSPS) is 15.4. The number of nitrogens with two attached hydrogens (primary N) is 1. The lowest BCUT2D eigenvalue weighted by molar-refractivity contribution is 0.313. The van der Waals surface area contributed by atoms with E-state index in [1.165, 1.54) is 18.2 Å². The van der Waals surface area contributed by atoms with Gasteiger partial charge in [-0.3, -0.25) is 4.79 Å². The number of fused-ring (bicyclic) bond motifs is 2. The molecule has 1 aliphatic rings. The molecule has 0 bridgehead atoms. The molecular formula is C21H21FN6O. The van der Waals surface area contributed by atoms with Crippen LogP contribution in [0.3, 0.4) is 0 Å². The third kappa shape index (κ3) is 2.92. The van der Waals surface area contributed by atoms with Gasteiger partial charge in [-0.15, -0.1) is 0 Å². The number of aromatic amines is 1. The summed E-state index contributed by atoms with van der Waals surface area (Å²) in [7, 11) is 2.12. The number of piperazine rings is 1. The Hall–Kier alpha value is -3.39. The van der Waals surface area contributed by atoms with Crippen molar-refractivity contribution in [3.63, 3.8) is 0 Å². The topological polar surface area (TPSA) is 83.2 Å². The van der Waals surface area contributed by atoms with Crippen LogP contribution >= 0.6 is 0 Å². The van der Waals surface area contributed by atoms with Crippen LogP contribution in [0.15, 0.2) is 47.3 Å². The number of hydrogen-bond acceptors (Lipinski definition) is 5. The number of hydrogen-bond donors (Lipinski definition) is 2. The quantitative estimate of drug-likeness (QED) is 0.511. The lowest BCUT2D eigenvalue weighted by Crippen LogP contribution is -2.44. The molecule has 8 heteroatoms.